The van der Waals surface area contributed by atoms with E-state index in [4.69, 9.17) is 11.8 Å². The number of rotatable bonds is 4. The normalized spacial score (nSPS) is 17.1. The molecular weight excluding hydrogens is 336 g/mol. The zero-order valence-electron chi connectivity index (χ0n) is 13.9. The average molecular weight is 353 g/mol. The van der Waals surface area contributed by atoms with E-state index < -0.39 is 0 Å². The number of hydrogen-bond donors (Lipinski definition) is 1. The molecule has 6 heteroatoms. The number of aldehydes is 1. The van der Waals surface area contributed by atoms with Gasteiger partial charge in [-0.2, -0.15) is 5.26 Å². The first-order chi connectivity index (χ1) is 12.0. The van der Waals surface area contributed by atoms with Crippen LogP contribution in [0.2, 0.25) is 0 Å². The van der Waals surface area contributed by atoms with Gasteiger partial charge in [-0.15, -0.1) is 0 Å². The molecular formula is C19H17ClN4O. The van der Waals surface area contributed by atoms with E-state index in [1.54, 1.807) is 30.8 Å². The summed E-state index contributed by atoms with van der Waals surface area (Å²) in [6.07, 6.45) is 9.61. The van der Waals surface area contributed by atoms with Crippen molar-refractivity contribution >= 4 is 18.1 Å². The first-order valence-electron chi connectivity index (χ1n) is 7.82. The van der Waals surface area contributed by atoms with E-state index in [0.29, 0.717) is 11.1 Å². The van der Waals surface area contributed by atoms with Crippen molar-refractivity contribution in [3.8, 4) is 6.07 Å². The molecule has 2 aliphatic heterocycles. The van der Waals surface area contributed by atoms with Crippen LogP contribution in [0.3, 0.4) is 0 Å². The van der Waals surface area contributed by atoms with E-state index >= 15 is 0 Å². The van der Waals surface area contributed by atoms with Crippen LogP contribution in [0.1, 0.15) is 29.7 Å². The van der Waals surface area contributed by atoms with E-state index in [-0.39, 0.29) is 6.04 Å². The minimum absolute atomic E-state index is 0.0486. The molecule has 0 radical (unpaired) electrons. The Balaban J connectivity index is 1.89. The van der Waals surface area contributed by atoms with Crippen molar-refractivity contribution in [1.29, 1.82) is 5.26 Å². The molecule has 3 rings (SSSR count). The Hall–Kier alpha value is -2.81. The number of halogens is 1. The molecule has 0 saturated heterocycles. The van der Waals surface area contributed by atoms with Crippen LogP contribution in [0.4, 0.5) is 0 Å². The molecule has 2 heterocycles. The van der Waals surface area contributed by atoms with Crippen LogP contribution in [0.15, 0.2) is 65.8 Å². The van der Waals surface area contributed by atoms with Crippen LogP contribution >= 0.6 is 11.8 Å². The van der Waals surface area contributed by atoms with Crippen molar-refractivity contribution < 1.29 is 4.79 Å². The smallest absolute Gasteiger partial charge is 0.150 e. The van der Waals surface area contributed by atoms with Gasteiger partial charge in [-0.05, 0) is 43.2 Å². The van der Waals surface area contributed by atoms with E-state index in [2.05, 4.69) is 11.5 Å². The molecule has 0 spiro atoms. The summed E-state index contributed by atoms with van der Waals surface area (Å²) < 4.78 is 1.42. The standard InChI is InChI=1S/C19H17ClN4O/c1-13-15(10-21)4-3-5-17(13)14(2)22-24-9-6-16(12-25)18-7-8-23(20)11-19(18)24/h3-9,11-12,14,22H,1-2H3/t14-/m1/s1. The molecule has 0 saturated carbocycles. The zero-order valence-corrected chi connectivity index (χ0v) is 14.7. The Labute approximate surface area is 151 Å². The van der Waals surface area contributed by atoms with E-state index in [0.717, 1.165) is 28.7 Å². The second-order valence-corrected chi connectivity index (χ2v) is 6.22. The number of benzene rings is 1. The third-order valence-electron chi connectivity index (χ3n) is 4.30. The summed E-state index contributed by atoms with van der Waals surface area (Å²) in [6.45, 7) is 3.96. The molecule has 25 heavy (non-hydrogen) atoms. The predicted molar refractivity (Wildman–Crippen MR) is 96.4 cm³/mol. The van der Waals surface area contributed by atoms with Gasteiger partial charge in [0.05, 0.1) is 17.3 Å². The molecule has 1 atom stereocenters. The number of carbonyl (C=O) groups is 1. The number of hydrazine groups is 1. The summed E-state index contributed by atoms with van der Waals surface area (Å²) in [4.78, 5) is 11.3. The van der Waals surface area contributed by atoms with Gasteiger partial charge in [0.1, 0.15) is 0 Å². The Morgan fingerprint density at radius 3 is 2.84 bits per heavy atom. The van der Waals surface area contributed by atoms with Crippen molar-refractivity contribution in [2.75, 3.05) is 0 Å². The van der Waals surface area contributed by atoms with Gasteiger partial charge in [0, 0.05) is 47.6 Å². The van der Waals surface area contributed by atoms with E-state index in [9.17, 15) is 10.1 Å². The molecule has 0 amide bonds. The molecule has 126 valence electrons. The number of nitriles is 1. The fourth-order valence-electron chi connectivity index (χ4n) is 2.96. The number of nitrogens with one attached hydrogen (secondary N) is 1. The maximum Gasteiger partial charge on any atom is 0.150 e. The minimum Gasteiger partial charge on any atom is -0.298 e. The predicted octanol–water partition coefficient (Wildman–Crippen LogP) is 3.58. The molecule has 0 bridgehead atoms. The monoisotopic (exact) mass is 352 g/mol. The zero-order chi connectivity index (χ0) is 18.0. The fourth-order valence-corrected chi connectivity index (χ4v) is 3.11. The van der Waals surface area contributed by atoms with Crippen LogP contribution in [0.25, 0.3) is 0 Å². The number of carbonyl (C=O) groups excluding carboxylic acids is 1. The van der Waals surface area contributed by atoms with Gasteiger partial charge in [0.15, 0.2) is 6.29 Å². The molecule has 2 aliphatic rings. The highest BCUT2D eigenvalue weighted by molar-refractivity contribution is 6.15. The number of fused-ring (bicyclic) bond motifs is 1. The lowest BCUT2D eigenvalue weighted by atomic mass is 9.98. The Morgan fingerprint density at radius 2 is 2.12 bits per heavy atom. The van der Waals surface area contributed by atoms with Crippen molar-refractivity contribution in [1.82, 2.24) is 14.9 Å². The third-order valence-corrected chi connectivity index (χ3v) is 4.51. The summed E-state index contributed by atoms with van der Waals surface area (Å²) in [5.74, 6) is 0. The van der Waals surface area contributed by atoms with Crippen LogP contribution in [-0.2, 0) is 4.79 Å². The van der Waals surface area contributed by atoms with Crippen molar-refractivity contribution in [2.45, 2.75) is 19.9 Å². The molecule has 0 fully saturated rings. The quantitative estimate of drug-likeness (QED) is 0.663. The van der Waals surface area contributed by atoms with Gasteiger partial charge in [-0.25, -0.2) is 5.43 Å². The first-order valence-corrected chi connectivity index (χ1v) is 8.16. The molecule has 1 aromatic carbocycles. The minimum atomic E-state index is -0.0486. The molecule has 0 aromatic heterocycles. The highest BCUT2D eigenvalue weighted by Gasteiger charge is 2.23. The summed E-state index contributed by atoms with van der Waals surface area (Å²) in [5.41, 5.74) is 8.22. The highest BCUT2D eigenvalue weighted by atomic mass is 35.5. The molecule has 0 unspecified atom stereocenters. The Kier molecular flexibility index (Phi) is 4.75. The van der Waals surface area contributed by atoms with Crippen LogP contribution < -0.4 is 5.43 Å². The van der Waals surface area contributed by atoms with E-state index in [1.807, 2.05) is 37.1 Å². The number of hydrogen-bond acceptors (Lipinski definition) is 5. The van der Waals surface area contributed by atoms with Crippen LogP contribution in [0, 0.1) is 18.3 Å². The molecule has 1 aromatic rings. The number of allylic oxidation sites excluding steroid dienone is 3. The van der Waals surface area contributed by atoms with Crippen LogP contribution in [-0.4, -0.2) is 15.7 Å². The fraction of sp³-hybridized carbons (Fsp3) is 0.158. The Bertz CT molecular complexity index is 876. The van der Waals surface area contributed by atoms with Crippen molar-refractivity contribution in [2.24, 2.45) is 0 Å². The lowest BCUT2D eigenvalue weighted by Gasteiger charge is -2.33. The van der Waals surface area contributed by atoms with Gasteiger partial charge in [-0.1, -0.05) is 12.1 Å². The van der Waals surface area contributed by atoms with Crippen molar-refractivity contribution in [3.63, 3.8) is 0 Å². The lowest BCUT2D eigenvalue weighted by molar-refractivity contribution is -0.104. The second-order valence-electron chi connectivity index (χ2n) is 5.83. The largest absolute Gasteiger partial charge is 0.298 e. The third kappa shape index (κ3) is 3.22. The van der Waals surface area contributed by atoms with E-state index in [1.165, 1.54) is 4.42 Å². The summed E-state index contributed by atoms with van der Waals surface area (Å²) in [5, 5.41) is 11.1. The van der Waals surface area contributed by atoms with Gasteiger partial charge in [0.25, 0.3) is 0 Å². The lowest BCUT2D eigenvalue weighted by Crippen LogP contribution is -2.38. The van der Waals surface area contributed by atoms with Gasteiger partial charge in [0.2, 0.25) is 0 Å². The molecule has 5 nitrogen and oxygen atoms in total. The topological polar surface area (TPSA) is 59.4 Å². The maximum atomic E-state index is 11.3. The molecule has 1 N–H and O–H groups in total. The van der Waals surface area contributed by atoms with Gasteiger partial charge in [-0.3, -0.25) is 14.2 Å². The highest BCUT2D eigenvalue weighted by Crippen LogP contribution is 2.30. The molecule has 0 aliphatic carbocycles. The second kappa shape index (κ2) is 6.98. The first kappa shape index (κ1) is 17.0. The number of nitrogens with zero attached hydrogens (tertiary/aromatic N) is 3. The SMILES string of the molecule is Cc1c(C#N)cccc1[C@@H](C)NN1C=CC(C=O)=C2C=CN(Cl)C=C21. The summed E-state index contributed by atoms with van der Waals surface area (Å²) in [7, 11) is 0. The maximum absolute atomic E-state index is 11.3. The van der Waals surface area contributed by atoms with Crippen LogP contribution in [0.5, 0.6) is 0 Å². The van der Waals surface area contributed by atoms with Gasteiger partial charge < -0.3 is 0 Å². The average Bonchev–Trinajstić information content (AvgIpc) is 2.62. The summed E-state index contributed by atoms with van der Waals surface area (Å²) in [6, 6.07) is 7.85. The Morgan fingerprint density at radius 1 is 1.32 bits per heavy atom. The van der Waals surface area contributed by atoms with Gasteiger partial charge >= 0.3 is 0 Å². The summed E-state index contributed by atoms with van der Waals surface area (Å²) >= 11 is 6.06. The van der Waals surface area contributed by atoms with Crippen molar-refractivity contribution in [3.05, 3.63) is 82.5 Å².